The summed E-state index contributed by atoms with van der Waals surface area (Å²) in [6.45, 7) is 1.40. The van der Waals surface area contributed by atoms with Crippen molar-refractivity contribution in [2.45, 2.75) is 29.5 Å². The Morgan fingerprint density at radius 2 is 2.06 bits per heavy atom. The van der Waals surface area contributed by atoms with Gasteiger partial charge in [-0.3, -0.25) is 9.69 Å². The molecule has 8 nitrogen and oxygen atoms in total. The molecule has 0 spiro atoms. The SMILES string of the molecule is COc1ccc2nc(N(CCN(C)C)C(=O)C3CCCCN3S(=O)(=O)c3cccs3)sc2c1. The fourth-order valence-corrected chi connectivity index (χ4v) is 7.68. The van der Waals surface area contributed by atoms with Gasteiger partial charge in [-0.15, -0.1) is 11.3 Å². The van der Waals surface area contributed by atoms with E-state index in [9.17, 15) is 13.2 Å². The zero-order chi connectivity index (χ0) is 23.6. The van der Waals surface area contributed by atoms with Gasteiger partial charge in [-0.2, -0.15) is 4.31 Å². The Kier molecular flexibility index (Phi) is 7.34. The molecule has 1 aromatic carbocycles. The molecule has 178 valence electrons. The van der Waals surface area contributed by atoms with Gasteiger partial charge in [0.25, 0.3) is 10.0 Å². The number of piperidine rings is 1. The second kappa shape index (κ2) is 10.1. The maximum atomic E-state index is 13.9. The van der Waals surface area contributed by atoms with Crippen LogP contribution in [0, 0.1) is 0 Å². The molecule has 1 atom stereocenters. The molecule has 0 saturated carbocycles. The van der Waals surface area contributed by atoms with Gasteiger partial charge in [-0.05, 0) is 56.6 Å². The molecule has 1 aliphatic rings. The number of amides is 1. The Balaban J connectivity index is 1.69. The number of carbonyl (C=O) groups excluding carboxylic acids is 1. The van der Waals surface area contributed by atoms with E-state index in [4.69, 9.17) is 9.72 Å². The van der Waals surface area contributed by atoms with Crippen LogP contribution in [-0.2, 0) is 14.8 Å². The summed E-state index contributed by atoms with van der Waals surface area (Å²) in [5.74, 6) is 0.507. The number of hydrogen-bond donors (Lipinski definition) is 0. The van der Waals surface area contributed by atoms with Crippen molar-refractivity contribution >= 4 is 54.0 Å². The molecule has 33 heavy (non-hydrogen) atoms. The second-order valence-electron chi connectivity index (χ2n) is 8.18. The number of anilines is 1. The maximum absolute atomic E-state index is 13.9. The predicted octanol–water partition coefficient (Wildman–Crippen LogP) is 3.50. The van der Waals surface area contributed by atoms with Crippen LogP contribution in [0.5, 0.6) is 5.75 Å². The van der Waals surface area contributed by atoms with E-state index in [1.54, 1.807) is 29.5 Å². The lowest BCUT2D eigenvalue weighted by Gasteiger charge is -2.36. The van der Waals surface area contributed by atoms with Crippen molar-refractivity contribution in [3.63, 3.8) is 0 Å². The molecule has 0 radical (unpaired) electrons. The summed E-state index contributed by atoms with van der Waals surface area (Å²) >= 11 is 2.59. The van der Waals surface area contributed by atoms with Crippen molar-refractivity contribution in [2.75, 3.05) is 45.7 Å². The van der Waals surface area contributed by atoms with Crippen molar-refractivity contribution in [1.82, 2.24) is 14.2 Å². The number of likely N-dealkylation sites (N-methyl/N-ethyl adjacent to an activating group) is 1. The van der Waals surface area contributed by atoms with Crippen LogP contribution in [0.25, 0.3) is 10.2 Å². The van der Waals surface area contributed by atoms with Gasteiger partial charge >= 0.3 is 0 Å². The first-order valence-electron chi connectivity index (χ1n) is 10.8. The number of carbonyl (C=O) groups is 1. The van der Waals surface area contributed by atoms with Gasteiger partial charge in [0.2, 0.25) is 5.91 Å². The number of sulfonamides is 1. The van der Waals surface area contributed by atoms with Crippen molar-refractivity contribution in [1.29, 1.82) is 0 Å². The molecule has 4 rings (SSSR count). The van der Waals surface area contributed by atoms with E-state index in [0.29, 0.717) is 31.2 Å². The highest BCUT2D eigenvalue weighted by Gasteiger charge is 2.40. The summed E-state index contributed by atoms with van der Waals surface area (Å²) in [7, 11) is 1.77. The molecule has 3 aromatic rings. The molecule has 2 aromatic heterocycles. The summed E-state index contributed by atoms with van der Waals surface area (Å²) in [4.78, 5) is 22.2. The van der Waals surface area contributed by atoms with Crippen molar-refractivity contribution in [3.8, 4) is 5.75 Å². The first-order valence-corrected chi connectivity index (χ1v) is 13.9. The number of rotatable bonds is 8. The standard InChI is InChI=1S/C22H28N4O4S3/c1-24(2)12-13-25(22-23-17-10-9-16(30-3)15-19(17)32-22)21(27)18-7-4-5-11-26(18)33(28,29)20-8-6-14-31-20/h6,8-10,14-15,18H,4-5,7,11-13H2,1-3H3. The molecule has 0 N–H and O–H groups in total. The highest BCUT2D eigenvalue weighted by molar-refractivity contribution is 7.91. The molecule has 0 bridgehead atoms. The number of nitrogens with zero attached hydrogens (tertiary/aromatic N) is 4. The Labute approximate surface area is 202 Å². The molecule has 3 heterocycles. The van der Waals surface area contributed by atoms with Crippen LogP contribution >= 0.6 is 22.7 Å². The Bertz CT molecular complexity index is 1210. The fourth-order valence-electron chi connectivity index (χ4n) is 3.88. The number of hydrogen-bond acceptors (Lipinski definition) is 8. The quantitative estimate of drug-likeness (QED) is 0.463. The van der Waals surface area contributed by atoms with Gasteiger partial charge < -0.3 is 9.64 Å². The Morgan fingerprint density at radius 3 is 2.76 bits per heavy atom. The minimum absolute atomic E-state index is 0.220. The topological polar surface area (TPSA) is 83.1 Å². The maximum Gasteiger partial charge on any atom is 0.253 e. The lowest BCUT2D eigenvalue weighted by atomic mass is 10.0. The van der Waals surface area contributed by atoms with Gasteiger partial charge in [0.05, 0.1) is 17.3 Å². The van der Waals surface area contributed by atoms with Gasteiger partial charge in [0, 0.05) is 19.6 Å². The van der Waals surface area contributed by atoms with E-state index in [1.807, 2.05) is 37.2 Å². The van der Waals surface area contributed by atoms with E-state index in [2.05, 4.69) is 0 Å². The summed E-state index contributed by atoms with van der Waals surface area (Å²) in [6, 6.07) is 8.19. The molecule has 1 unspecified atom stereocenters. The summed E-state index contributed by atoms with van der Waals surface area (Å²) in [5.41, 5.74) is 0.783. The first-order chi connectivity index (χ1) is 15.8. The van der Waals surface area contributed by atoms with Gasteiger partial charge in [-0.25, -0.2) is 13.4 Å². The number of thiophene rings is 1. The zero-order valence-electron chi connectivity index (χ0n) is 18.9. The molecule has 11 heteroatoms. The third-order valence-electron chi connectivity index (χ3n) is 5.65. The van der Waals surface area contributed by atoms with Gasteiger partial charge in [0.1, 0.15) is 16.0 Å². The van der Waals surface area contributed by atoms with Crippen molar-refractivity contribution in [3.05, 3.63) is 35.7 Å². The normalized spacial score (nSPS) is 17.5. The number of fused-ring (bicyclic) bond motifs is 1. The van der Waals surface area contributed by atoms with Gasteiger partial charge in [-0.1, -0.05) is 23.8 Å². The van der Waals surface area contributed by atoms with Crippen LogP contribution < -0.4 is 9.64 Å². The Morgan fingerprint density at radius 1 is 1.24 bits per heavy atom. The van der Waals surface area contributed by atoms with Crippen LogP contribution in [0.15, 0.2) is 39.9 Å². The number of benzene rings is 1. The minimum Gasteiger partial charge on any atom is -0.497 e. The van der Waals surface area contributed by atoms with E-state index in [0.717, 1.165) is 28.8 Å². The molecule has 1 fully saturated rings. The number of methoxy groups -OCH3 is 1. The smallest absolute Gasteiger partial charge is 0.253 e. The van der Waals surface area contributed by atoms with Crippen molar-refractivity contribution in [2.24, 2.45) is 0 Å². The highest BCUT2D eigenvalue weighted by Crippen LogP contribution is 2.34. The third-order valence-corrected chi connectivity index (χ3v) is 9.97. The number of thiazole rings is 1. The van der Waals surface area contributed by atoms with Crippen LogP contribution in [-0.4, -0.2) is 75.4 Å². The summed E-state index contributed by atoms with van der Waals surface area (Å²) < 4.78 is 34.6. The average molecular weight is 509 g/mol. The van der Waals surface area contributed by atoms with Crippen LogP contribution in [0.2, 0.25) is 0 Å². The molecular weight excluding hydrogens is 480 g/mol. The minimum atomic E-state index is -3.73. The lowest BCUT2D eigenvalue weighted by Crippen LogP contribution is -2.53. The van der Waals surface area contributed by atoms with Crippen LogP contribution in [0.1, 0.15) is 19.3 Å². The van der Waals surface area contributed by atoms with Crippen LogP contribution in [0.4, 0.5) is 5.13 Å². The van der Waals surface area contributed by atoms with E-state index in [1.165, 1.54) is 27.0 Å². The largest absolute Gasteiger partial charge is 0.497 e. The fraction of sp³-hybridized carbons (Fsp3) is 0.455. The summed E-state index contributed by atoms with van der Waals surface area (Å²) in [6.07, 6.45) is 2.05. The third kappa shape index (κ3) is 5.07. The number of ether oxygens (including phenoxy) is 1. The van der Waals surface area contributed by atoms with E-state index >= 15 is 0 Å². The lowest BCUT2D eigenvalue weighted by molar-refractivity contribution is -0.123. The summed E-state index contributed by atoms with van der Waals surface area (Å²) in [5, 5.41) is 2.32. The van der Waals surface area contributed by atoms with Crippen molar-refractivity contribution < 1.29 is 17.9 Å². The predicted molar refractivity (Wildman–Crippen MR) is 133 cm³/mol. The molecule has 1 saturated heterocycles. The van der Waals surface area contributed by atoms with Gasteiger partial charge in [0.15, 0.2) is 5.13 Å². The monoisotopic (exact) mass is 508 g/mol. The van der Waals surface area contributed by atoms with Crippen LogP contribution in [0.3, 0.4) is 0 Å². The Hall–Kier alpha value is -2.05. The molecule has 1 amide bonds. The highest BCUT2D eigenvalue weighted by atomic mass is 32.2. The molecule has 0 aliphatic carbocycles. The number of aromatic nitrogens is 1. The average Bonchev–Trinajstić information content (AvgIpc) is 3.49. The van der Waals surface area contributed by atoms with E-state index < -0.39 is 16.1 Å². The first kappa shape index (κ1) is 24.1. The molecular formula is C22H28N4O4S3. The zero-order valence-corrected chi connectivity index (χ0v) is 21.4. The van der Waals surface area contributed by atoms with E-state index in [-0.39, 0.29) is 10.1 Å². The molecule has 1 aliphatic heterocycles. The second-order valence-corrected chi connectivity index (χ2v) is 12.3.